The summed E-state index contributed by atoms with van der Waals surface area (Å²) in [5.41, 5.74) is 2.10. The van der Waals surface area contributed by atoms with Gasteiger partial charge in [-0.3, -0.25) is 9.59 Å². The number of aryl methyl sites for hydroxylation is 1. The fourth-order valence-corrected chi connectivity index (χ4v) is 1.91. The molecule has 2 amide bonds. The van der Waals surface area contributed by atoms with E-state index in [2.05, 4.69) is 16.0 Å². The van der Waals surface area contributed by atoms with Crippen LogP contribution in [0.15, 0.2) is 18.2 Å². The molecule has 0 atom stereocenters. The molecule has 0 unspecified atom stereocenters. The molecular formula is C16H25N3O2. The summed E-state index contributed by atoms with van der Waals surface area (Å²) >= 11 is 0. The van der Waals surface area contributed by atoms with Gasteiger partial charge in [-0.05, 0) is 52.3 Å². The molecule has 0 bridgehead atoms. The van der Waals surface area contributed by atoms with Crippen LogP contribution in [0.25, 0.3) is 0 Å². The molecule has 5 heteroatoms. The quantitative estimate of drug-likeness (QED) is 0.778. The van der Waals surface area contributed by atoms with Gasteiger partial charge in [-0.25, -0.2) is 0 Å². The van der Waals surface area contributed by atoms with E-state index in [0.29, 0.717) is 5.56 Å². The normalized spacial score (nSPS) is 10.9. The van der Waals surface area contributed by atoms with E-state index in [1.54, 1.807) is 6.07 Å². The van der Waals surface area contributed by atoms with Crippen LogP contribution in [-0.4, -0.2) is 30.4 Å². The third-order valence-electron chi connectivity index (χ3n) is 2.71. The van der Waals surface area contributed by atoms with Gasteiger partial charge in [-0.2, -0.15) is 0 Å². The van der Waals surface area contributed by atoms with Crippen molar-refractivity contribution in [2.45, 2.75) is 40.2 Å². The lowest BCUT2D eigenvalue weighted by Crippen LogP contribution is -2.45. The van der Waals surface area contributed by atoms with Crippen LogP contribution in [0.5, 0.6) is 0 Å². The highest BCUT2D eigenvalue weighted by molar-refractivity contribution is 6.01. The second kappa shape index (κ2) is 7.11. The van der Waals surface area contributed by atoms with Crippen molar-refractivity contribution >= 4 is 17.5 Å². The van der Waals surface area contributed by atoms with E-state index in [1.165, 1.54) is 0 Å². The fourth-order valence-electron chi connectivity index (χ4n) is 1.91. The molecule has 0 aliphatic rings. The van der Waals surface area contributed by atoms with Crippen molar-refractivity contribution in [1.29, 1.82) is 0 Å². The van der Waals surface area contributed by atoms with Gasteiger partial charge in [0, 0.05) is 17.8 Å². The Hall–Kier alpha value is -2.04. The molecule has 0 heterocycles. The summed E-state index contributed by atoms with van der Waals surface area (Å²) in [6.07, 6.45) is 0. The molecule has 0 aromatic heterocycles. The largest absolute Gasteiger partial charge is 0.385 e. The Morgan fingerprint density at radius 3 is 2.43 bits per heavy atom. The topological polar surface area (TPSA) is 70.2 Å². The molecule has 5 nitrogen and oxygen atoms in total. The first-order chi connectivity index (χ1) is 9.73. The van der Waals surface area contributed by atoms with Crippen molar-refractivity contribution in [3.8, 4) is 0 Å². The lowest BCUT2D eigenvalue weighted by Gasteiger charge is -2.20. The second-order valence-electron chi connectivity index (χ2n) is 6.06. The molecule has 1 aromatic rings. The predicted octanol–water partition coefficient (Wildman–Crippen LogP) is 2.07. The minimum Gasteiger partial charge on any atom is -0.385 e. The highest BCUT2D eigenvalue weighted by Gasteiger charge is 2.16. The minimum atomic E-state index is -0.305. The number of nitrogens with one attached hydrogen (secondary N) is 3. The Morgan fingerprint density at radius 2 is 1.86 bits per heavy atom. The number of benzene rings is 1. The summed E-state index contributed by atoms with van der Waals surface area (Å²) in [6.45, 7) is 10.3. The summed E-state index contributed by atoms with van der Waals surface area (Å²) < 4.78 is 0. The lowest BCUT2D eigenvalue weighted by atomic mass is 10.1. The first-order valence-corrected chi connectivity index (χ1v) is 7.16. The second-order valence-corrected chi connectivity index (χ2v) is 6.06. The molecule has 0 fully saturated rings. The van der Waals surface area contributed by atoms with Crippen LogP contribution in [0.1, 0.15) is 43.6 Å². The maximum Gasteiger partial charge on any atom is 0.253 e. The average Bonchev–Trinajstić information content (AvgIpc) is 2.34. The summed E-state index contributed by atoms with van der Waals surface area (Å²) in [5.74, 6) is -0.456. The highest BCUT2D eigenvalue weighted by Crippen LogP contribution is 2.17. The molecule has 116 valence electrons. The van der Waals surface area contributed by atoms with Crippen LogP contribution in [0, 0.1) is 6.92 Å². The smallest absolute Gasteiger partial charge is 0.253 e. The van der Waals surface area contributed by atoms with Gasteiger partial charge in [-0.15, -0.1) is 0 Å². The first kappa shape index (κ1) is 17.0. The first-order valence-electron chi connectivity index (χ1n) is 7.16. The molecule has 21 heavy (non-hydrogen) atoms. The molecule has 3 N–H and O–H groups in total. The van der Waals surface area contributed by atoms with E-state index >= 15 is 0 Å². The van der Waals surface area contributed by atoms with Gasteiger partial charge in [0.15, 0.2) is 0 Å². The van der Waals surface area contributed by atoms with Gasteiger partial charge >= 0.3 is 0 Å². The SMILES string of the molecule is CCNc1cc(C)ccc1C(=O)NCC(=O)NC(C)(C)C. The summed E-state index contributed by atoms with van der Waals surface area (Å²) in [6, 6.07) is 5.57. The zero-order valence-electron chi connectivity index (χ0n) is 13.5. The average molecular weight is 291 g/mol. The Labute approximate surface area is 126 Å². The van der Waals surface area contributed by atoms with Gasteiger partial charge in [0.25, 0.3) is 5.91 Å². The predicted molar refractivity (Wildman–Crippen MR) is 85.6 cm³/mol. The van der Waals surface area contributed by atoms with Crippen LogP contribution in [0.2, 0.25) is 0 Å². The Morgan fingerprint density at radius 1 is 1.19 bits per heavy atom. The molecule has 0 aliphatic carbocycles. The number of carbonyl (C=O) groups excluding carboxylic acids is 2. The Balaban J connectivity index is 2.70. The zero-order valence-corrected chi connectivity index (χ0v) is 13.5. The molecule has 0 aliphatic heterocycles. The highest BCUT2D eigenvalue weighted by atomic mass is 16.2. The van der Waals surface area contributed by atoms with Crippen molar-refractivity contribution < 1.29 is 9.59 Å². The molecule has 0 radical (unpaired) electrons. The molecule has 0 spiro atoms. The van der Waals surface area contributed by atoms with Crippen LogP contribution < -0.4 is 16.0 Å². The van der Waals surface area contributed by atoms with Crippen molar-refractivity contribution in [3.05, 3.63) is 29.3 Å². The molecule has 0 saturated carbocycles. The number of amides is 2. The number of carbonyl (C=O) groups is 2. The minimum absolute atomic E-state index is 0.0322. The standard InChI is InChI=1S/C16H25N3O2/c1-6-17-13-9-11(2)7-8-12(13)15(21)18-10-14(20)19-16(3,4)5/h7-9,17H,6,10H2,1-5H3,(H,18,21)(H,19,20). The van der Waals surface area contributed by atoms with E-state index in [4.69, 9.17) is 0 Å². The Kier molecular flexibility index (Phi) is 5.76. The number of hydrogen-bond acceptors (Lipinski definition) is 3. The number of rotatable bonds is 5. The van der Waals surface area contributed by atoms with E-state index in [0.717, 1.165) is 17.8 Å². The van der Waals surface area contributed by atoms with E-state index in [1.807, 2.05) is 46.8 Å². The maximum absolute atomic E-state index is 12.2. The van der Waals surface area contributed by atoms with Crippen LogP contribution in [-0.2, 0) is 4.79 Å². The van der Waals surface area contributed by atoms with Gasteiger partial charge in [0.05, 0.1) is 12.1 Å². The summed E-state index contributed by atoms with van der Waals surface area (Å²) in [7, 11) is 0. The van der Waals surface area contributed by atoms with E-state index in [9.17, 15) is 9.59 Å². The monoisotopic (exact) mass is 291 g/mol. The van der Waals surface area contributed by atoms with Gasteiger partial charge in [0.1, 0.15) is 0 Å². The van der Waals surface area contributed by atoms with Crippen molar-refractivity contribution in [3.63, 3.8) is 0 Å². The van der Waals surface area contributed by atoms with E-state index < -0.39 is 0 Å². The van der Waals surface area contributed by atoms with Gasteiger partial charge in [-0.1, -0.05) is 6.07 Å². The molecule has 1 aromatic carbocycles. The van der Waals surface area contributed by atoms with Crippen LogP contribution >= 0.6 is 0 Å². The number of hydrogen-bond donors (Lipinski definition) is 3. The summed E-state index contributed by atoms with van der Waals surface area (Å²) in [4.78, 5) is 23.9. The fraction of sp³-hybridized carbons (Fsp3) is 0.500. The van der Waals surface area contributed by atoms with Crippen molar-refractivity contribution in [2.24, 2.45) is 0 Å². The summed E-state index contributed by atoms with van der Waals surface area (Å²) in [5, 5.41) is 8.62. The van der Waals surface area contributed by atoms with Crippen molar-refractivity contribution in [1.82, 2.24) is 10.6 Å². The molecular weight excluding hydrogens is 266 g/mol. The number of anilines is 1. The third kappa shape index (κ3) is 5.85. The van der Waals surface area contributed by atoms with Gasteiger partial charge < -0.3 is 16.0 Å². The zero-order chi connectivity index (χ0) is 16.0. The Bertz CT molecular complexity index is 519. The van der Waals surface area contributed by atoms with Crippen LogP contribution in [0.3, 0.4) is 0 Å². The van der Waals surface area contributed by atoms with Crippen molar-refractivity contribution in [2.75, 3.05) is 18.4 Å². The third-order valence-corrected chi connectivity index (χ3v) is 2.71. The van der Waals surface area contributed by atoms with Crippen LogP contribution in [0.4, 0.5) is 5.69 Å². The molecule has 0 saturated heterocycles. The lowest BCUT2D eigenvalue weighted by molar-refractivity contribution is -0.121. The van der Waals surface area contributed by atoms with Gasteiger partial charge in [0.2, 0.25) is 5.91 Å². The van der Waals surface area contributed by atoms with E-state index in [-0.39, 0.29) is 23.9 Å². The maximum atomic E-state index is 12.2. The molecule has 1 rings (SSSR count).